The van der Waals surface area contributed by atoms with E-state index in [1.54, 1.807) is 0 Å². The van der Waals surface area contributed by atoms with Gasteiger partial charge in [0.1, 0.15) is 0 Å². The van der Waals surface area contributed by atoms with E-state index in [4.69, 9.17) is 0 Å². The molecule has 1 nitrogen and oxygen atoms in total. The molecule has 1 atom stereocenters. The van der Waals surface area contributed by atoms with Crippen LogP contribution in [0.15, 0.2) is 29.8 Å². The Morgan fingerprint density at radius 3 is 2.33 bits per heavy atom. The Morgan fingerprint density at radius 1 is 1.27 bits per heavy atom. The molecule has 1 aliphatic carbocycles. The largest absolute Gasteiger partial charge is 0.392 e. The van der Waals surface area contributed by atoms with Crippen molar-refractivity contribution in [3.8, 4) is 0 Å². The summed E-state index contributed by atoms with van der Waals surface area (Å²) in [6, 6.07) is 8.50. The second-order valence-electron chi connectivity index (χ2n) is 5.02. The topological polar surface area (TPSA) is 20.2 Å². The minimum Gasteiger partial charge on any atom is -0.392 e. The van der Waals surface area contributed by atoms with E-state index in [-0.39, 0.29) is 11.5 Å². The standard InChI is InChI=1S/C14H18O/c1-10-4-6-11(7-5-10)8-12-9-13(15)14(12,2)3/h4-8,13,15H,9H2,1-3H3/b12-8+. The van der Waals surface area contributed by atoms with E-state index >= 15 is 0 Å². The van der Waals surface area contributed by atoms with Crippen LogP contribution < -0.4 is 0 Å². The summed E-state index contributed by atoms with van der Waals surface area (Å²) in [7, 11) is 0. The van der Waals surface area contributed by atoms with E-state index in [0.717, 1.165) is 6.42 Å². The van der Waals surface area contributed by atoms with Gasteiger partial charge in [0.05, 0.1) is 6.10 Å². The van der Waals surface area contributed by atoms with Crippen LogP contribution in [0.4, 0.5) is 0 Å². The van der Waals surface area contributed by atoms with Crippen LogP contribution in [0, 0.1) is 12.3 Å². The highest BCUT2D eigenvalue weighted by Crippen LogP contribution is 2.46. The Balaban J connectivity index is 2.22. The third kappa shape index (κ3) is 1.84. The van der Waals surface area contributed by atoms with Crippen molar-refractivity contribution < 1.29 is 5.11 Å². The van der Waals surface area contributed by atoms with E-state index < -0.39 is 0 Å². The van der Waals surface area contributed by atoms with Crippen LogP contribution in [-0.2, 0) is 0 Å². The van der Waals surface area contributed by atoms with Gasteiger partial charge < -0.3 is 5.11 Å². The number of aliphatic hydroxyl groups is 1. The molecule has 80 valence electrons. The van der Waals surface area contributed by atoms with E-state index in [9.17, 15) is 5.11 Å². The molecule has 1 fully saturated rings. The summed E-state index contributed by atoms with van der Waals surface area (Å²) < 4.78 is 0. The molecule has 0 amide bonds. The quantitative estimate of drug-likeness (QED) is 0.741. The highest BCUT2D eigenvalue weighted by molar-refractivity contribution is 5.57. The van der Waals surface area contributed by atoms with E-state index in [0.29, 0.717) is 0 Å². The van der Waals surface area contributed by atoms with Crippen LogP contribution in [0.1, 0.15) is 31.4 Å². The number of aliphatic hydroxyl groups excluding tert-OH is 1. The molecular formula is C14H18O. The molecule has 0 aromatic heterocycles. The van der Waals surface area contributed by atoms with E-state index in [1.807, 2.05) is 0 Å². The normalized spacial score (nSPS) is 26.4. The first kappa shape index (κ1) is 10.4. The van der Waals surface area contributed by atoms with Crippen molar-refractivity contribution >= 4 is 6.08 Å². The van der Waals surface area contributed by atoms with Gasteiger partial charge in [0.2, 0.25) is 0 Å². The Kier molecular flexibility index (Phi) is 2.43. The molecule has 0 bridgehead atoms. The number of hydrogen-bond acceptors (Lipinski definition) is 1. The van der Waals surface area contributed by atoms with Crippen LogP contribution in [-0.4, -0.2) is 11.2 Å². The lowest BCUT2D eigenvalue weighted by atomic mass is 9.64. The molecule has 1 heteroatoms. The smallest absolute Gasteiger partial charge is 0.0665 e. The summed E-state index contributed by atoms with van der Waals surface area (Å²) in [6.45, 7) is 6.29. The van der Waals surface area contributed by atoms with Gasteiger partial charge in [-0.05, 0) is 18.9 Å². The summed E-state index contributed by atoms with van der Waals surface area (Å²) >= 11 is 0. The Morgan fingerprint density at radius 2 is 1.87 bits per heavy atom. The van der Waals surface area contributed by atoms with Crippen LogP contribution in [0.2, 0.25) is 0 Å². The Labute approximate surface area is 91.4 Å². The minimum atomic E-state index is -0.172. The van der Waals surface area contributed by atoms with Gasteiger partial charge in [0.25, 0.3) is 0 Å². The van der Waals surface area contributed by atoms with Gasteiger partial charge in [0.15, 0.2) is 0 Å². The highest BCUT2D eigenvalue weighted by atomic mass is 16.3. The van der Waals surface area contributed by atoms with Crippen molar-refractivity contribution in [1.82, 2.24) is 0 Å². The monoisotopic (exact) mass is 202 g/mol. The molecule has 1 unspecified atom stereocenters. The fourth-order valence-electron chi connectivity index (χ4n) is 1.92. The van der Waals surface area contributed by atoms with Crippen LogP contribution in [0.3, 0.4) is 0 Å². The Hall–Kier alpha value is -1.08. The summed E-state index contributed by atoms with van der Waals surface area (Å²) in [4.78, 5) is 0. The third-order valence-electron chi connectivity index (χ3n) is 3.49. The fourth-order valence-corrected chi connectivity index (χ4v) is 1.92. The van der Waals surface area contributed by atoms with Crippen molar-refractivity contribution in [1.29, 1.82) is 0 Å². The van der Waals surface area contributed by atoms with Crippen molar-refractivity contribution in [3.05, 3.63) is 41.0 Å². The molecule has 0 radical (unpaired) electrons. The maximum atomic E-state index is 9.63. The lowest BCUT2D eigenvalue weighted by molar-refractivity contribution is 0.0195. The maximum Gasteiger partial charge on any atom is 0.0665 e. The average molecular weight is 202 g/mol. The zero-order chi connectivity index (χ0) is 11.1. The predicted octanol–water partition coefficient (Wildman–Crippen LogP) is 3.17. The molecule has 0 aliphatic heterocycles. The number of benzene rings is 1. The van der Waals surface area contributed by atoms with E-state index in [2.05, 4.69) is 51.1 Å². The average Bonchev–Trinajstić information content (AvgIpc) is 2.21. The van der Waals surface area contributed by atoms with Crippen molar-refractivity contribution in [2.75, 3.05) is 0 Å². The first-order valence-corrected chi connectivity index (χ1v) is 5.46. The first-order chi connectivity index (χ1) is 7.00. The predicted molar refractivity (Wildman–Crippen MR) is 63.6 cm³/mol. The molecule has 0 saturated heterocycles. The lowest BCUT2D eigenvalue weighted by Crippen LogP contribution is -2.42. The van der Waals surface area contributed by atoms with Crippen molar-refractivity contribution in [2.24, 2.45) is 5.41 Å². The summed E-state index contributed by atoms with van der Waals surface area (Å²) in [5, 5.41) is 9.63. The first-order valence-electron chi connectivity index (χ1n) is 5.46. The van der Waals surface area contributed by atoms with Crippen LogP contribution in [0.5, 0.6) is 0 Å². The fraction of sp³-hybridized carbons (Fsp3) is 0.429. The second-order valence-corrected chi connectivity index (χ2v) is 5.02. The third-order valence-corrected chi connectivity index (χ3v) is 3.49. The number of hydrogen-bond donors (Lipinski definition) is 1. The molecular weight excluding hydrogens is 184 g/mol. The highest BCUT2D eigenvalue weighted by Gasteiger charge is 2.41. The molecule has 2 rings (SSSR count). The molecule has 0 spiro atoms. The van der Waals surface area contributed by atoms with Gasteiger partial charge in [-0.3, -0.25) is 0 Å². The number of rotatable bonds is 1. The number of aryl methyl sites for hydroxylation is 1. The summed E-state index contributed by atoms with van der Waals surface area (Å²) in [6.07, 6.45) is 2.85. The second kappa shape index (κ2) is 3.49. The van der Waals surface area contributed by atoms with Crippen LogP contribution >= 0.6 is 0 Å². The van der Waals surface area contributed by atoms with Gasteiger partial charge in [-0.2, -0.15) is 0 Å². The molecule has 1 aliphatic rings. The minimum absolute atomic E-state index is 0.0368. The molecule has 1 aromatic rings. The summed E-state index contributed by atoms with van der Waals surface area (Å²) in [5.74, 6) is 0. The van der Waals surface area contributed by atoms with Gasteiger partial charge in [-0.1, -0.05) is 55.3 Å². The van der Waals surface area contributed by atoms with Crippen LogP contribution in [0.25, 0.3) is 6.08 Å². The molecule has 0 heterocycles. The van der Waals surface area contributed by atoms with Gasteiger partial charge in [0, 0.05) is 5.41 Å². The summed E-state index contributed by atoms with van der Waals surface area (Å²) in [5.41, 5.74) is 3.82. The van der Waals surface area contributed by atoms with E-state index in [1.165, 1.54) is 16.7 Å². The van der Waals surface area contributed by atoms with Crippen molar-refractivity contribution in [3.63, 3.8) is 0 Å². The van der Waals surface area contributed by atoms with Gasteiger partial charge in [-0.15, -0.1) is 0 Å². The van der Waals surface area contributed by atoms with Gasteiger partial charge >= 0.3 is 0 Å². The maximum absolute atomic E-state index is 9.63. The molecule has 1 saturated carbocycles. The molecule has 1 aromatic carbocycles. The van der Waals surface area contributed by atoms with Crippen molar-refractivity contribution in [2.45, 2.75) is 33.3 Å². The molecule has 15 heavy (non-hydrogen) atoms. The zero-order valence-electron chi connectivity index (χ0n) is 9.62. The molecule has 1 N–H and O–H groups in total. The SMILES string of the molecule is Cc1ccc(/C=C2\CC(O)C2(C)C)cc1. The lowest BCUT2D eigenvalue weighted by Gasteiger charge is -2.44. The Bertz CT molecular complexity index is 384. The van der Waals surface area contributed by atoms with Gasteiger partial charge in [-0.25, -0.2) is 0 Å². The zero-order valence-corrected chi connectivity index (χ0v) is 9.62.